The Balaban J connectivity index is 2.22. The number of hydrogen-bond acceptors (Lipinski definition) is 3. The van der Waals surface area contributed by atoms with Gasteiger partial charge in [-0.2, -0.15) is 4.31 Å². The number of methoxy groups -OCH3 is 1. The molecule has 7 heteroatoms. The van der Waals surface area contributed by atoms with Gasteiger partial charge in [0.1, 0.15) is 0 Å². The van der Waals surface area contributed by atoms with Crippen molar-refractivity contribution in [2.45, 2.75) is 11.4 Å². The molecule has 0 unspecified atom stereocenters. The highest BCUT2D eigenvalue weighted by atomic mass is 35.5. The van der Waals surface area contributed by atoms with Gasteiger partial charge in [0.15, 0.2) is 11.6 Å². The number of halogens is 2. The lowest BCUT2D eigenvalue weighted by Gasteiger charge is -2.17. The second kappa shape index (κ2) is 6.64. The fourth-order valence-electron chi connectivity index (χ4n) is 1.94. The lowest BCUT2D eigenvalue weighted by molar-refractivity contribution is 0.385. The number of hydrogen-bond donors (Lipinski definition) is 0. The van der Waals surface area contributed by atoms with E-state index in [-0.39, 0.29) is 17.2 Å². The Hall–Kier alpha value is -1.63. The summed E-state index contributed by atoms with van der Waals surface area (Å²) in [5.74, 6) is -0.413. The zero-order chi connectivity index (χ0) is 16.3. The molecule has 2 aromatic carbocycles. The molecule has 22 heavy (non-hydrogen) atoms. The number of rotatable bonds is 5. The summed E-state index contributed by atoms with van der Waals surface area (Å²) in [5, 5.41) is 0.457. The van der Waals surface area contributed by atoms with Gasteiger partial charge in [-0.1, -0.05) is 17.7 Å². The van der Waals surface area contributed by atoms with E-state index in [0.717, 1.165) is 4.31 Å². The van der Waals surface area contributed by atoms with E-state index in [0.29, 0.717) is 10.6 Å². The molecule has 0 aliphatic heterocycles. The largest absolute Gasteiger partial charge is 0.494 e. The molecule has 0 aliphatic carbocycles. The third-order valence-corrected chi connectivity index (χ3v) is 5.21. The minimum atomic E-state index is -3.66. The molecular formula is C15H15ClFNO3S. The van der Waals surface area contributed by atoms with E-state index in [9.17, 15) is 12.8 Å². The monoisotopic (exact) mass is 343 g/mol. The first-order valence-corrected chi connectivity index (χ1v) is 8.20. The minimum absolute atomic E-state index is 0.0475. The second-order valence-electron chi connectivity index (χ2n) is 4.68. The molecule has 0 spiro atoms. The second-order valence-corrected chi connectivity index (χ2v) is 7.17. The molecule has 0 aromatic heterocycles. The first kappa shape index (κ1) is 16.7. The lowest BCUT2D eigenvalue weighted by Crippen LogP contribution is -2.26. The molecule has 0 heterocycles. The molecule has 0 aliphatic rings. The summed E-state index contributed by atoms with van der Waals surface area (Å²) < 4.78 is 44.5. The SMILES string of the molecule is COc1ccc(CN(C)S(=O)(=O)c2ccc(Cl)cc2)cc1F. The highest BCUT2D eigenvalue weighted by Crippen LogP contribution is 2.22. The summed E-state index contributed by atoms with van der Waals surface area (Å²) in [4.78, 5) is 0.133. The highest BCUT2D eigenvalue weighted by molar-refractivity contribution is 7.89. The van der Waals surface area contributed by atoms with Gasteiger partial charge in [-0.25, -0.2) is 12.8 Å². The smallest absolute Gasteiger partial charge is 0.243 e. The van der Waals surface area contributed by atoms with E-state index in [1.54, 1.807) is 6.07 Å². The van der Waals surface area contributed by atoms with Gasteiger partial charge in [0, 0.05) is 18.6 Å². The van der Waals surface area contributed by atoms with Crippen LogP contribution in [0.15, 0.2) is 47.4 Å². The predicted molar refractivity (Wildman–Crippen MR) is 83.1 cm³/mol. The van der Waals surface area contributed by atoms with Gasteiger partial charge in [0.25, 0.3) is 0 Å². The molecule has 0 N–H and O–H groups in total. The van der Waals surface area contributed by atoms with E-state index in [1.165, 1.54) is 50.6 Å². The summed E-state index contributed by atoms with van der Waals surface area (Å²) in [5.41, 5.74) is 0.526. The molecule has 0 bridgehead atoms. The maximum atomic E-state index is 13.7. The summed E-state index contributed by atoms with van der Waals surface area (Å²) in [6.07, 6.45) is 0. The Morgan fingerprint density at radius 1 is 1.18 bits per heavy atom. The van der Waals surface area contributed by atoms with Crippen molar-refractivity contribution in [1.29, 1.82) is 0 Å². The summed E-state index contributed by atoms with van der Waals surface area (Å²) in [6.45, 7) is 0.0475. The molecule has 2 rings (SSSR count). The highest BCUT2D eigenvalue weighted by Gasteiger charge is 2.21. The van der Waals surface area contributed by atoms with Gasteiger partial charge in [0.05, 0.1) is 12.0 Å². The molecule has 0 amide bonds. The van der Waals surface area contributed by atoms with Crippen molar-refractivity contribution in [2.24, 2.45) is 0 Å². The molecule has 0 saturated carbocycles. The molecule has 0 saturated heterocycles. The van der Waals surface area contributed by atoms with Crippen molar-refractivity contribution < 1.29 is 17.5 Å². The predicted octanol–water partition coefficient (Wildman–Crippen LogP) is 3.31. The van der Waals surface area contributed by atoms with Crippen molar-refractivity contribution in [2.75, 3.05) is 14.2 Å². The van der Waals surface area contributed by atoms with E-state index in [4.69, 9.17) is 16.3 Å². The zero-order valence-electron chi connectivity index (χ0n) is 12.1. The molecule has 118 valence electrons. The molecule has 2 aromatic rings. The Labute approximate surface area is 134 Å². The maximum absolute atomic E-state index is 13.7. The normalized spacial score (nSPS) is 11.7. The van der Waals surface area contributed by atoms with E-state index < -0.39 is 15.8 Å². The summed E-state index contributed by atoms with van der Waals surface area (Å²) in [6, 6.07) is 10.2. The summed E-state index contributed by atoms with van der Waals surface area (Å²) >= 11 is 5.76. The Morgan fingerprint density at radius 2 is 1.82 bits per heavy atom. The van der Waals surface area contributed by atoms with Crippen molar-refractivity contribution in [3.63, 3.8) is 0 Å². The van der Waals surface area contributed by atoms with E-state index in [2.05, 4.69) is 0 Å². The molecule has 4 nitrogen and oxygen atoms in total. The first-order valence-electron chi connectivity index (χ1n) is 6.39. The summed E-state index contributed by atoms with van der Waals surface area (Å²) in [7, 11) is -0.855. The number of benzene rings is 2. The van der Waals surface area contributed by atoms with Crippen LogP contribution in [0.5, 0.6) is 5.75 Å². The number of ether oxygens (including phenoxy) is 1. The van der Waals surface area contributed by atoms with Crippen LogP contribution in [-0.2, 0) is 16.6 Å². The van der Waals surface area contributed by atoms with Crippen LogP contribution in [0.4, 0.5) is 4.39 Å². The Kier molecular flexibility index (Phi) is 5.05. The molecule has 0 fully saturated rings. The molecule has 0 radical (unpaired) electrons. The van der Waals surface area contributed by atoms with Crippen LogP contribution in [0, 0.1) is 5.82 Å². The van der Waals surface area contributed by atoms with Gasteiger partial charge in [-0.05, 0) is 42.0 Å². The third-order valence-electron chi connectivity index (χ3n) is 3.14. The van der Waals surface area contributed by atoms with Gasteiger partial charge in [-0.3, -0.25) is 0 Å². The topological polar surface area (TPSA) is 46.6 Å². The van der Waals surface area contributed by atoms with Gasteiger partial charge < -0.3 is 4.74 Å². The minimum Gasteiger partial charge on any atom is -0.494 e. The van der Waals surface area contributed by atoms with Crippen LogP contribution in [0.25, 0.3) is 0 Å². The van der Waals surface area contributed by atoms with Gasteiger partial charge in [0.2, 0.25) is 10.0 Å². The fourth-order valence-corrected chi connectivity index (χ4v) is 3.22. The van der Waals surface area contributed by atoms with Crippen LogP contribution < -0.4 is 4.74 Å². The fraction of sp³-hybridized carbons (Fsp3) is 0.200. The van der Waals surface area contributed by atoms with Gasteiger partial charge >= 0.3 is 0 Å². The Bertz CT molecular complexity index is 763. The van der Waals surface area contributed by atoms with Crippen LogP contribution in [0.3, 0.4) is 0 Å². The number of nitrogens with zero attached hydrogens (tertiary/aromatic N) is 1. The van der Waals surface area contributed by atoms with E-state index in [1.807, 2.05) is 0 Å². The third kappa shape index (κ3) is 3.58. The van der Waals surface area contributed by atoms with Crippen molar-refractivity contribution in [3.05, 3.63) is 58.9 Å². The average Bonchev–Trinajstić information content (AvgIpc) is 2.48. The quantitative estimate of drug-likeness (QED) is 0.836. The average molecular weight is 344 g/mol. The van der Waals surface area contributed by atoms with Crippen LogP contribution >= 0.6 is 11.6 Å². The first-order chi connectivity index (χ1) is 10.3. The zero-order valence-corrected chi connectivity index (χ0v) is 13.7. The van der Waals surface area contributed by atoms with Crippen molar-refractivity contribution in [1.82, 2.24) is 4.31 Å². The van der Waals surface area contributed by atoms with Crippen molar-refractivity contribution >= 4 is 21.6 Å². The number of sulfonamides is 1. The standard InChI is InChI=1S/C15H15ClFNO3S/c1-18(10-11-3-8-15(21-2)14(17)9-11)22(19,20)13-6-4-12(16)5-7-13/h3-9H,10H2,1-2H3. The van der Waals surface area contributed by atoms with Crippen LogP contribution in [-0.4, -0.2) is 26.9 Å². The van der Waals surface area contributed by atoms with Crippen LogP contribution in [0.1, 0.15) is 5.56 Å². The maximum Gasteiger partial charge on any atom is 0.243 e. The van der Waals surface area contributed by atoms with Crippen LogP contribution in [0.2, 0.25) is 5.02 Å². The van der Waals surface area contributed by atoms with E-state index >= 15 is 0 Å². The Morgan fingerprint density at radius 3 is 2.36 bits per heavy atom. The van der Waals surface area contributed by atoms with Gasteiger partial charge in [-0.15, -0.1) is 0 Å². The molecule has 0 atom stereocenters. The van der Waals surface area contributed by atoms with Crippen molar-refractivity contribution in [3.8, 4) is 5.75 Å². The lowest BCUT2D eigenvalue weighted by atomic mass is 10.2. The molecular weight excluding hydrogens is 329 g/mol.